The molecular formula is C16H16ClFN4O2. The molecule has 3 rings (SSSR count). The van der Waals surface area contributed by atoms with Gasteiger partial charge in [-0.25, -0.2) is 9.37 Å². The Labute approximate surface area is 143 Å². The smallest absolute Gasteiger partial charge is 0.260 e. The van der Waals surface area contributed by atoms with E-state index in [1.165, 1.54) is 12.1 Å². The topological polar surface area (TPSA) is 58.6 Å². The van der Waals surface area contributed by atoms with Gasteiger partial charge in [-0.1, -0.05) is 11.6 Å². The van der Waals surface area contributed by atoms with Gasteiger partial charge in [0.05, 0.1) is 11.2 Å². The summed E-state index contributed by atoms with van der Waals surface area (Å²) in [5.74, 6) is 0.525. The van der Waals surface area contributed by atoms with Crippen LogP contribution in [0.15, 0.2) is 36.8 Å². The van der Waals surface area contributed by atoms with E-state index in [1.54, 1.807) is 23.5 Å². The molecule has 126 valence electrons. The average molecular weight is 351 g/mol. The molecule has 1 aliphatic rings. The molecule has 1 aromatic heterocycles. The van der Waals surface area contributed by atoms with Crippen LogP contribution in [0.3, 0.4) is 0 Å². The van der Waals surface area contributed by atoms with Crippen LogP contribution in [0.4, 0.5) is 10.2 Å². The molecular weight excluding hydrogens is 335 g/mol. The summed E-state index contributed by atoms with van der Waals surface area (Å²) in [5, 5.41) is 0.148. The summed E-state index contributed by atoms with van der Waals surface area (Å²) in [7, 11) is 0. The Balaban J connectivity index is 1.50. The molecule has 2 aromatic rings. The fraction of sp³-hybridized carbons (Fsp3) is 0.312. The Morgan fingerprint density at radius 2 is 2.04 bits per heavy atom. The maximum atomic E-state index is 13.0. The molecule has 2 heterocycles. The molecule has 0 radical (unpaired) electrons. The number of rotatable bonds is 4. The number of ether oxygens (including phenoxy) is 1. The lowest BCUT2D eigenvalue weighted by molar-refractivity contribution is -0.133. The molecule has 1 aliphatic heterocycles. The second-order valence-electron chi connectivity index (χ2n) is 5.29. The van der Waals surface area contributed by atoms with E-state index in [0.717, 1.165) is 11.9 Å². The minimum atomic E-state index is -0.446. The first-order valence-electron chi connectivity index (χ1n) is 7.50. The van der Waals surface area contributed by atoms with Crippen molar-refractivity contribution in [2.45, 2.75) is 0 Å². The molecule has 0 bridgehead atoms. The van der Waals surface area contributed by atoms with Gasteiger partial charge in [-0.05, 0) is 18.2 Å². The van der Waals surface area contributed by atoms with Crippen LogP contribution in [-0.2, 0) is 4.79 Å². The number of nitrogens with zero attached hydrogens (tertiary/aromatic N) is 4. The second-order valence-corrected chi connectivity index (χ2v) is 5.70. The van der Waals surface area contributed by atoms with Gasteiger partial charge in [-0.15, -0.1) is 0 Å². The predicted octanol–water partition coefficient (Wildman–Crippen LogP) is 2.00. The largest absolute Gasteiger partial charge is 0.482 e. The number of amides is 1. The van der Waals surface area contributed by atoms with Crippen molar-refractivity contribution in [2.24, 2.45) is 0 Å². The number of carbonyl (C=O) groups is 1. The highest BCUT2D eigenvalue weighted by atomic mass is 35.5. The third kappa shape index (κ3) is 3.91. The van der Waals surface area contributed by atoms with Crippen LogP contribution in [-0.4, -0.2) is 53.6 Å². The van der Waals surface area contributed by atoms with Crippen molar-refractivity contribution in [3.63, 3.8) is 0 Å². The van der Waals surface area contributed by atoms with Crippen molar-refractivity contribution in [2.75, 3.05) is 37.7 Å². The zero-order chi connectivity index (χ0) is 16.9. The molecule has 1 aromatic carbocycles. The first-order valence-corrected chi connectivity index (χ1v) is 7.88. The van der Waals surface area contributed by atoms with Crippen LogP contribution in [0.5, 0.6) is 5.75 Å². The van der Waals surface area contributed by atoms with Gasteiger partial charge in [0.2, 0.25) is 0 Å². The van der Waals surface area contributed by atoms with Crippen LogP contribution < -0.4 is 9.64 Å². The molecule has 0 saturated carbocycles. The van der Waals surface area contributed by atoms with E-state index < -0.39 is 5.82 Å². The van der Waals surface area contributed by atoms with Gasteiger partial charge < -0.3 is 14.5 Å². The fourth-order valence-electron chi connectivity index (χ4n) is 2.46. The van der Waals surface area contributed by atoms with E-state index >= 15 is 0 Å². The molecule has 8 heteroatoms. The third-order valence-corrected chi connectivity index (χ3v) is 4.05. The highest BCUT2D eigenvalue weighted by molar-refractivity contribution is 6.32. The summed E-state index contributed by atoms with van der Waals surface area (Å²) < 4.78 is 18.4. The normalized spacial score (nSPS) is 14.6. The van der Waals surface area contributed by atoms with E-state index in [-0.39, 0.29) is 17.5 Å². The van der Waals surface area contributed by atoms with Crippen LogP contribution in [0.2, 0.25) is 5.02 Å². The molecule has 24 heavy (non-hydrogen) atoms. The SMILES string of the molecule is O=C(COc1ccc(F)cc1Cl)N1CCN(c2cnccn2)CC1. The van der Waals surface area contributed by atoms with Gasteiger partial charge in [0.25, 0.3) is 5.91 Å². The summed E-state index contributed by atoms with van der Waals surface area (Å²) in [5.41, 5.74) is 0. The molecule has 0 atom stereocenters. The van der Waals surface area contributed by atoms with Crippen molar-refractivity contribution in [1.29, 1.82) is 0 Å². The number of hydrogen-bond acceptors (Lipinski definition) is 5. The highest BCUT2D eigenvalue weighted by Gasteiger charge is 2.22. The molecule has 0 spiro atoms. The standard InChI is InChI=1S/C16H16ClFN4O2/c17-13-9-12(18)1-2-14(13)24-11-16(23)22-7-5-21(6-8-22)15-10-19-3-4-20-15/h1-4,9-10H,5-8,11H2. The number of halogens is 2. The fourth-order valence-corrected chi connectivity index (χ4v) is 2.68. The summed E-state index contributed by atoms with van der Waals surface area (Å²) in [4.78, 5) is 24.3. The zero-order valence-corrected chi connectivity index (χ0v) is 13.6. The number of piperazine rings is 1. The van der Waals surface area contributed by atoms with Gasteiger partial charge in [0.15, 0.2) is 6.61 Å². The van der Waals surface area contributed by atoms with Gasteiger partial charge >= 0.3 is 0 Å². The van der Waals surface area contributed by atoms with Crippen molar-refractivity contribution in [3.05, 3.63) is 47.6 Å². The lowest BCUT2D eigenvalue weighted by Gasteiger charge is -2.35. The van der Waals surface area contributed by atoms with Crippen molar-refractivity contribution < 1.29 is 13.9 Å². The molecule has 1 amide bonds. The Bertz CT molecular complexity index is 708. The highest BCUT2D eigenvalue weighted by Crippen LogP contribution is 2.24. The molecule has 1 fully saturated rings. The number of aromatic nitrogens is 2. The average Bonchev–Trinajstić information content (AvgIpc) is 2.62. The van der Waals surface area contributed by atoms with Crippen LogP contribution in [0, 0.1) is 5.82 Å². The van der Waals surface area contributed by atoms with Crippen LogP contribution in [0.1, 0.15) is 0 Å². The molecule has 0 unspecified atom stereocenters. The lowest BCUT2D eigenvalue weighted by Crippen LogP contribution is -2.50. The summed E-state index contributed by atoms with van der Waals surface area (Å²) in [6.45, 7) is 2.39. The maximum absolute atomic E-state index is 13.0. The number of carbonyl (C=O) groups excluding carboxylic acids is 1. The minimum absolute atomic E-state index is 0.128. The first kappa shape index (κ1) is 16.4. The van der Waals surface area contributed by atoms with E-state index in [0.29, 0.717) is 31.9 Å². The van der Waals surface area contributed by atoms with Gasteiger partial charge in [-0.3, -0.25) is 9.78 Å². The van der Waals surface area contributed by atoms with Crippen LogP contribution >= 0.6 is 11.6 Å². The Hall–Kier alpha value is -2.41. The van der Waals surface area contributed by atoms with E-state index in [9.17, 15) is 9.18 Å². The Kier molecular flexibility index (Phi) is 5.10. The Morgan fingerprint density at radius 3 is 2.71 bits per heavy atom. The van der Waals surface area contributed by atoms with Gasteiger partial charge in [0, 0.05) is 38.6 Å². The van der Waals surface area contributed by atoms with Gasteiger partial charge in [0.1, 0.15) is 17.4 Å². The van der Waals surface area contributed by atoms with Crippen molar-refractivity contribution in [3.8, 4) is 5.75 Å². The summed E-state index contributed by atoms with van der Waals surface area (Å²) in [6, 6.07) is 3.81. The van der Waals surface area contributed by atoms with Gasteiger partial charge in [-0.2, -0.15) is 0 Å². The third-order valence-electron chi connectivity index (χ3n) is 3.75. The van der Waals surface area contributed by atoms with Crippen molar-refractivity contribution >= 4 is 23.3 Å². The predicted molar refractivity (Wildman–Crippen MR) is 87.7 cm³/mol. The maximum Gasteiger partial charge on any atom is 0.260 e. The van der Waals surface area contributed by atoms with E-state index in [2.05, 4.69) is 14.9 Å². The summed E-state index contributed by atoms with van der Waals surface area (Å²) in [6.07, 6.45) is 4.98. The lowest BCUT2D eigenvalue weighted by atomic mass is 10.3. The molecule has 1 saturated heterocycles. The molecule has 6 nitrogen and oxygen atoms in total. The summed E-state index contributed by atoms with van der Waals surface area (Å²) >= 11 is 5.88. The second kappa shape index (κ2) is 7.44. The van der Waals surface area contributed by atoms with Crippen molar-refractivity contribution in [1.82, 2.24) is 14.9 Å². The van der Waals surface area contributed by atoms with E-state index in [4.69, 9.17) is 16.3 Å². The molecule has 0 aliphatic carbocycles. The number of hydrogen-bond donors (Lipinski definition) is 0. The number of anilines is 1. The van der Waals surface area contributed by atoms with Crippen LogP contribution in [0.25, 0.3) is 0 Å². The first-order chi connectivity index (χ1) is 11.6. The number of benzene rings is 1. The van der Waals surface area contributed by atoms with E-state index in [1.807, 2.05) is 0 Å². The minimum Gasteiger partial charge on any atom is -0.482 e. The molecule has 0 N–H and O–H groups in total. The quantitative estimate of drug-likeness (QED) is 0.844. The monoisotopic (exact) mass is 350 g/mol. The Morgan fingerprint density at radius 1 is 1.25 bits per heavy atom. The zero-order valence-electron chi connectivity index (χ0n) is 12.9.